The van der Waals surface area contributed by atoms with Gasteiger partial charge in [-0.2, -0.15) is 5.10 Å². The zero-order valence-electron chi connectivity index (χ0n) is 31.4. The van der Waals surface area contributed by atoms with E-state index in [0.29, 0.717) is 0 Å². The lowest BCUT2D eigenvalue weighted by atomic mass is 9.78. The summed E-state index contributed by atoms with van der Waals surface area (Å²) in [6, 6.07) is 43.1. The number of hydrogen-bond acceptors (Lipinski definition) is 3. The molecule has 3 heterocycles. The number of benzene rings is 5. The van der Waals surface area contributed by atoms with Crippen molar-refractivity contribution in [2.24, 2.45) is 0 Å². The summed E-state index contributed by atoms with van der Waals surface area (Å²) in [5.74, 6) is 2.41. The van der Waals surface area contributed by atoms with Crippen LogP contribution >= 0.6 is 0 Å². The van der Waals surface area contributed by atoms with Crippen LogP contribution in [-0.4, -0.2) is 19.3 Å². The monoisotopic (exact) mass is 682 g/mol. The minimum absolute atomic E-state index is 0.0131. The number of hydrogen-bond donors (Lipinski definition) is 0. The summed E-state index contributed by atoms with van der Waals surface area (Å²) in [5, 5.41) is 8.23. The Labute approximate surface area is 306 Å². The quantitative estimate of drug-likeness (QED) is 0.175. The lowest BCUT2D eigenvalue weighted by molar-refractivity contribution is 0.478. The third-order valence-corrected chi connectivity index (χ3v) is 10.5. The van der Waals surface area contributed by atoms with E-state index >= 15 is 0 Å². The first-order valence-corrected chi connectivity index (χ1v) is 18.2. The van der Waals surface area contributed by atoms with Crippen molar-refractivity contribution in [1.82, 2.24) is 19.3 Å². The number of para-hydroxylation sites is 1. The van der Waals surface area contributed by atoms with E-state index in [2.05, 4.69) is 175 Å². The fraction of sp³-hybridized carbons (Fsp3) is 0.234. The molecule has 0 bridgehead atoms. The first-order chi connectivity index (χ1) is 24.8. The number of ether oxygens (including phenoxy) is 1. The van der Waals surface area contributed by atoms with Gasteiger partial charge in [-0.05, 0) is 87.7 Å². The van der Waals surface area contributed by atoms with Gasteiger partial charge in [0, 0.05) is 39.9 Å². The summed E-state index contributed by atoms with van der Waals surface area (Å²) in [6.07, 6.45) is 3.86. The van der Waals surface area contributed by atoms with Gasteiger partial charge in [0.2, 0.25) is 0 Å². The van der Waals surface area contributed by atoms with Gasteiger partial charge in [-0.15, -0.1) is 0 Å². The molecule has 0 radical (unpaired) electrons. The summed E-state index contributed by atoms with van der Waals surface area (Å²) >= 11 is 0. The number of fused-ring (bicyclic) bond motifs is 4. The maximum absolute atomic E-state index is 6.80. The third-order valence-electron chi connectivity index (χ3n) is 10.5. The van der Waals surface area contributed by atoms with Crippen LogP contribution in [-0.2, 0) is 16.2 Å². The Morgan fingerprint density at radius 2 is 1.27 bits per heavy atom. The third kappa shape index (κ3) is 5.94. The molecule has 0 amide bonds. The van der Waals surface area contributed by atoms with Crippen molar-refractivity contribution in [3.63, 3.8) is 0 Å². The summed E-state index contributed by atoms with van der Waals surface area (Å²) in [4.78, 5) is 4.99. The van der Waals surface area contributed by atoms with Gasteiger partial charge in [0.1, 0.15) is 17.3 Å². The van der Waals surface area contributed by atoms with Crippen LogP contribution in [0.5, 0.6) is 11.5 Å². The van der Waals surface area contributed by atoms with E-state index in [1.165, 1.54) is 27.6 Å². The molecule has 0 spiro atoms. The average molecular weight is 683 g/mol. The zero-order chi connectivity index (χ0) is 36.4. The highest BCUT2D eigenvalue weighted by molar-refractivity contribution is 6.09. The van der Waals surface area contributed by atoms with E-state index in [-0.39, 0.29) is 16.2 Å². The Bertz CT molecular complexity index is 2590. The van der Waals surface area contributed by atoms with Crippen molar-refractivity contribution in [3.8, 4) is 23.0 Å². The van der Waals surface area contributed by atoms with Gasteiger partial charge < -0.3 is 4.74 Å². The van der Waals surface area contributed by atoms with Gasteiger partial charge in [0.25, 0.3) is 0 Å². The molecule has 0 unspecified atom stereocenters. The van der Waals surface area contributed by atoms with Crippen LogP contribution in [0.2, 0.25) is 0 Å². The highest BCUT2D eigenvalue weighted by atomic mass is 16.5. The fourth-order valence-electron chi connectivity index (χ4n) is 7.24. The molecule has 0 N–H and O–H groups in total. The molecule has 0 atom stereocenters. The van der Waals surface area contributed by atoms with Crippen LogP contribution in [0.15, 0.2) is 134 Å². The summed E-state index contributed by atoms with van der Waals surface area (Å²) in [5.41, 5.74) is 8.84. The average Bonchev–Trinajstić information content (AvgIpc) is 3.70. The normalized spacial score (nSPS) is 12.6. The van der Waals surface area contributed by atoms with E-state index in [9.17, 15) is 0 Å². The first-order valence-electron chi connectivity index (χ1n) is 18.2. The zero-order valence-corrected chi connectivity index (χ0v) is 31.4. The van der Waals surface area contributed by atoms with Crippen molar-refractivity contribution in [3.05, 3.63) is 156 Å². The molecule has 0 aliphatic carbocycles. The molecular weight excluding hydrogens is 637 g/mol. The molecule has 0 saturated carbocycles. The summed E-state index contributed by atoms with van der Waals surface area (Å²) < 4.78 is 11.1. The highest BCUT2D eigenvalue weighted by Crippen LogP contribution is 2.40. The van der Waals surface area contributed by atoms with Crippen molar-refractivity contribution in [1.29, 1.82) is 0 Å². The van der Waals surface area contributed by atoms with E-state index in [0.717, 1.165) is 50.3 Å². The summed E-state index contributed by atoms with van der Waals surface area (Å²) in [6.45, 7) is 18.0. The minimum Gasteiger partial charge on any atom is -0.457 e. The predicted octanol–water partition coefficient (Wildman–Crippen LogP) is 12.2. The molecule has 8 rings (SSSR count). The molecule has 5 heteroatoms. The lowest BCUT2D eigenvalue weighted by Crippen LogP contribution is -2.19. The second kappa shape index (κ2) is 12.2. The number of rotatable bonds is 6. The van der Waals surface area contributed by atoms with Gasteiger partial charge in [-0.1, -0.05) is 110 Å². The maximum atomic E-state index is 6.80. The molecule has 5 nitrogen and oxygen atoms in total. The SMILES string of the molecule is CC(C)(C)c1cc(Oc2ccc3c4cc(C(C)(C)C)ccc4n(-c4cc(C(C)(C)c5ccccc5)ccn4)c3c2)cc(-n2ncc3ccccc32)c1. The number of pyridine rings is 1. The number of aromatic nitrogens is 4. The van der Waals surface area contributed by atoms with Crippen LogP contribution in [0, 0.1) is 0 Å². The predicted molar refractivity (Wildman–Crippen MR) is 216 cm³/mol. The maximum Gasteiger partial charge on any atom is 0.137 e. The van der Waals surface area contributed by atoms with E-state index in [1.807, 2.05) is 23.1 Å². The molecule has 260 valence electrons. The topological polar surface area (TPSA) is 44.9 Å². The standard InChI is InChI=1S/C47H46N4O/c1-45(2,3)33-18-21-42-40(26-33)39-20-19-37(29-43(39)50(42)44-27-34(22-23-48-44)47(7,8)32-15-10-9-11-16-32)52-38-25-35(46(4,5)6)24-36(28-38)51-41-17-13-12-14-31(41)30-49-51/h9-30H,1-8H3. The van der Waals surface area contributed by atoms with Crippen LogP contribution in [0.3, 0.4) is 0 Å². The first kappa shape index (κ1) is 33.5. The molecule has 8 aromatic rings. The van der Waals surface area contributed by atoms with Crippen LogP contribution < -0.4 is 4.74 Å². The molecule has 0 aliphatic heterocycles. The van der Waals surface area contributed by atoms with Gasteiger partial charge in [0.15, 0.2) is 0 Å². The van der Waals surface area contributed by atoms with Gasteiger partial charge in [-0.3, -0.25) is 4.57 Å². The van der Waals surface area contributed by atoms with E-state index in [1.54, 1.807) is 0 Å². The molecule has 0 aliphatic rings. The summed E-state index contributed by atoms with van der Waals surface area (Å²) in [7, 11) is 0. The van der Waals surface area contributed by atoms with Crippen molar-refractivity contribution < 1.29 is 4.74 Å². The Balaban J connectivity index is 1.29. The van der Waals surface area contributed by atoms with Gasteiger partial charge >= 0.3 is 0 Å². The van der Waals surface area contributed by atoms with Crippen LogP contribution in [0.1, 0.15) is 77.6 Å². The Hall–Kier alpha value is -5.68. The van der Waals surface area contributed by atoms with Crippen LogP contribution in [0.25, 0.3) is 44.2 Å². The Morgan fingerprint density at radius 3 is 2.04 bits per heavy atom. The van der Waals surface area contributed by atoms with Crippen molar-refractivity contribution in [2.75, 3.05) is 0 Å². The van der Waals surface area contributed by atoms with E-state index in [4.69, 9.17) is 14.8 Å². The highest BCUT2D eigenvalue weighted by Gasteiger charge is 2.25. The molecule has 3 aromatic heterocycles. The Kier molecular flexibility index (Phi) is 7.87. The van der Waals surface area contributed by atoms with Crippen LogP contribution in [0.4, 0.5) is 0 Å². The smallest absolute Gasteiger partial charge is 0.137 e. The fourth-order valence-corrected chi connectivity index (χ4v) is 7.24. The minimum atomic E-state index is -0.207. The van der Waals surface area contributed by atoms with Gasteiger partial charge in [0.05, 0.1) is 28.4 Å². The van der Waals surface area contributed by atoms with Crippen molar-refractivity contribution >= 4 is 32.7 Å². The number of nitrogens with zero attached hydrogens (tertiary/aromatic N) is 4. The Morgan fingerprint density at radius 1 is 0.519 bits per heavy atom. The lowest BCUT2D eigenvalue weighted by Gasteiger charge is -2.26. The molecule has 5 aromatic carbocycles. The molecule has 0 saturated heterocycles. The molecular formula is C47H46N4O. The van der Waals surface area contributed by atoms with Crippen molar-refractivity contribution in [2.45, 2.75) is 71.6 Å². The largest absolute Gasteiger partial charge is 0.457 e. The van der Waals surface area contributed by atoms with Gasteiger partial charge in [-0.25, -0.2) is 9.67 Å². The second-order valence-electron chi connectivity index (χ2n) is 16.6. The van der Waals surface area contributed by atoms with E-state index < -0.39 is 0 Å². The molecule has 0 fully saturated rings. The molecule has 52 heavy (non-hydrogen) atoms. The second-order valence-corrected chi connectivity index (χ2v) is 16.6.